The van der Waals surface area contributed by atoms with Crippen molar-refractivity contribution in [2.45, 2.75) is 32.1 Å². The van der Waals surface area contributed by atoms with Gasteiger partial charge < -0.3 is 20.1 Å². The molecule has 0 radical (unpaired) electrons. The minimum atomic E-state index is -3.54. The summed E-state index contributed by atoms with van der Waals surface area (Å²) in [7, 11) is -2.05. The Balaban J connectivity index is 0.00000312. The van der Waals surface area contributed by atoms with Crippen molar-refractivity contribution in [2.24, 2.45) is 5.73 Å². The number of carbonyl (C=O) groups excluding carboxylic acids is 1. The Morgan fingerprint density at radius 1 is 1.16 bits per heavy atom. The molecule has 0 aliphatic carbocycles. The van der Waals surface area contributed by atoms with Crippen molar-refractivity contribution in [3.63, 3.8) is 0 Å². The first-order valence-electron chi connectivity index (χ1n) is 8.19. The Morgan fingerprint density at radius 2 is 1.68 bits per heavy atom. The Labute approximate surface area is 156 Å². The van der Waals surface area contributed by atoms with E-state index in [0.29, 0.717) is 26.2 Å². The van der Waals surface area contributed by atoms with Crippen molar-refractivity contribution in [2.75, 3.05) is 53.0 Å². The number of piperazine rings is 1. The van der Waals surface area contributed by atoms with Crippen molar-refractivity contribution >= 4 is 28.5 Å². The SMILES string of the molecule is COCC(N)C(=O)N1CCN(S(=O)(=O)N2CC(C)OC(C)C2)CC1.Cl. The Bertz CT molecular complexity index is 531. The van der Waals surface area contributed by atoms with E-state index in [1.165, 1.54) is 15.7 Å². The maximum absolute atomic E-state index is 12.8. The van der Waals surface area contributed by atoms with Crippen molar-refractivity contribution in [1.82, 2.24) is 13.5 Å². The van der Waals surface area contributed by atoms with Gasteiger partial charge in [-0.15, -0.1) is 12.4 Å². The standard InChI is InChI=1S/C14H28N4O5S.ClH/c1-11-8-18(9-12(2)23-11)24(20,21)17-6-4-16(5-7-17)14(19)13(15)10-22-3;/h11-13H,4-10,15H2,1-3H3;1H. The number of carbonyl (C=O) groups is 1. The number of ether oxygens (including phenoxy) is 2. The van der Waals surface area contributed by atoms with Gasteiger partial charge >= 0.3 is 0 Å². The molecule has 2 heterocycles. The molecule has 2 aliphatic rings. The van der Waals surface area contributed by atoms with Crippen LogP contribution in [0.4, 0.5) is 0 Å². The molecular formula is C14H29ClN4O5S. The van der Waals surface area contributed by atoms with Crippen LogP contribution in [-0.4, -0.2) is 99.1 Å². The second-order valence-corrected chi connectivity index (χ2v) is 8.30. The second kappa shape index (κ2) is 9.45. The van der Waals surface area contributed by atoms with Gasteiger partial charge in [-0.3, -0.25) is 4.79 Å². The normalized spacial score (nSPS) is 27.6. The largest absolute Gasteiger partial charge is 0.383 e. The summed E-state index contributed by atoms with van der Waals surface area (Å²) in [6, 6.07) is -0.709. The molecule has 3 atom stereocenters. The lowest BCUT2D eigenvalue weighted by Gasteiger charge is -2.40. The topological polar surface area (TPSA) is 105 Å². The fourth-order valence-electron chi connectivity index (χ4n) is 3.11. The quantitative estimate of drug-likeness (QED) is 0.626. The first-order valence-corrected chi connectivity index (χ1v) is 9.59. The summed E-state index contributed by atoms with van der Waals surface area (Å²) in [5.41, 5.74) is 5.76. The van der Waals surface area contributed by atoms with Gasteiger partial charge in [-0.2, -0.15) is 17.0 Å². The molecule has 148 valence electrons. The number of morpholine rings is 1. The number of rotatable bonds is 5. The minimum absolute atomic E-state index is 0. The number of nitrogens with zero attached hydrogens (tertiary/aromatic N) is 3. The molecule has 2 aliphatic heterocycles. The zero-order valence-electron chi connectivity index (χ0n) is 15.0. The molecule has 0 aromatic carbocycles. The third-order valence-corrected chi connectivity index (χ3v) is 6.22. The summed E-state index contributed by atoms with van der Waals surface area (Å²) in [4.78, 5) is 13.8. The van der Waals surface area contributed by atoms with Crippen molar-refractivity contribution in [3.8, 4) is 0 Å². The molecule has 11 heteroatoms. The minimum Gasteiger partial charge on any atom is -0.383 e. The average molecular weight is 401 g/mol. The summed E-state index contributed by atoms with van der Waals surface area (Å²) in [6.07, 6.45) is -0.253. The molecule has 0 saturated carbocycles. The fourth-order valence-corrected chi connectivity index (χ4v) is 4.85. The number of nitrogens with two attached hydrogens (primary N) is 1. The van der Waals surface area contributed by atoms with Crippen LogP contribution in [0.3, 0.4) is 0 Å². The molecule has 2 fully saturated rings. The van der Waals surface area contributed by atoms with Gasteiger partial charge in [-0.1, -0.05) is 0 Å². The number of hydrogen-bond donors (Lipinski definition) is 1. The van der Waals surface area contributed by atoms with Gasteiger partial charge in [0.2, 0.25) is 5.91 Å². The summed E-state index contributed by atoms with van der Waals surface area (Å²) in [5.74, 6) is -0.206. The highest BCUT2D eigenvalue weighted by molar-refractivity contribution is 7.86. The van der Waals surface area contributed by atoms with Gasteiger partial charge in [0.05, 0.1) is 18.8 Å². The number of methoxy groups -OCH3 is 1. The summed E-state index contributed by atoms with van der Waals surface area (Å²) in [6.45, 7) is 5.81. The molecule has 1 amide bonds. The van der Waals surface area contributed by atoms with Gasteiger partial charge in [0.25, 0.3) is 10.2 Å². The van der Waals surface area contributed by atoms with Crippen LogP contribution < -0.4 is 5.73 Å². The van der Waals surface area contributed by atoms with Crippen LogP contribution in [0.1, 0.15) is 13.8 Å². The summed E-state index contributed by atoms with van der Waals surface area (Å²) in [5, 5.41) is 0. The fraction of sp³-hybridized carbons (Fsp3) is 0.929. The Hall–Kier alpha value is -0.490. The molecule has 0 bridgehead atoms. The Kier molecular flexibility index (Phi) is 8.52. The van der Waals surface area contributed by atoms with Crippen molar-refractivity contribution in [3.05, 3.63) is 0 Å². The zero-order chi connectivity index (χ0) is 17.9. The van der Waals surface area contributed by atoms with E-state index in [0.717, 1.165) is 0 Å². The predicted molar refractivity (Wildman–Crippen MR) is 95.8 cm³/mol. The highest BCUT2D eigenvalue weighted by Gasteiger charge is 2.37. The van der Waals surface area contributed by atoms with Gasteiger partial charge in [-0.05, 0) is 13.8 Å². The first-order chi connectivity index (χ1) is 11.3. The molecule has 2 rings (SSSR count). The van der Waals surface area contributed by atoms with Crippen LogP contribution >= 0.6 is 12.4 Å². The maximum Gasteiger partial charge on any atom is 0.282 e. The zero-order valence-corrected chi connectivity index (χ0v) is 16.6. The molecule has 2 saturated heterocycles. The van der Waals surface area contributed by atoms with E-state index < -0.39 is 16.3 Å². The van der Waals surface area contributed by atoms with E-state index in [1.54, 1.807) is 4.90 Å². The monoisotopic (exact) mass is 400 g/mol. The van der Waals surface area contributed by atoms with Crippen LogP contribution in [0, 0.1) is 0 Å². The molecule has 0 aromatic heterocycles. The van der Waals surface area contributed by atoms with E-state index in [1.807, 2.05) is 13.8 Å². The highest BCUT2D eigenvalue weighted by atomic mass is 35.5. The van der Waals surface area contributed by atoms with Crippen LogP contribution in [-0.2, 0) is 24.5 Å². The summed E-state index contributed by atoms with van der Waals surface area (Å²) < 4.78 is 39.0. The van der Waals surface area contributed by atoms with Gasteiger partial charge in [-0.25, -0.2) is 0 Å². The maximum atomic E-state index is 12.8. The second-order valence-electron chi connectivity index (χ2n) is 6.37. The van der Waals surface area contributed by atoms with Crippen molar-refractivity contribution < 1.29 is 22.7 Å². The van der Waals surface area contributed by atoms with Gasteiger partial charge in [0.1, 0.15) is 6.04 Å². The molecular weight excluding hydrogens is 372 g/mol. The third kappa shape index (κ3) is 5.49. The molecule has 9 nitrogen and oxygen atoms in total. The highest BCUT2D eigenvalue weighted by Crippen LogP contribution is 2.19. The van der Waals surface area contributed by atoms with E-state index in [-0.39, 0.29) is 50.2 Å². The van der Waals surface area contributed by atoms with E-state index >= 15 is 0 Å². The molecule has 25 heavy (non-hydrogen) atoms. The van der Waals surface area contributed by atoms with Crippen LogP contribution in [0.2, 0.25) is 0 Å². The molecule has 2 N–H and O–H groups in total. The number of amides is 1. The number of halogens is 1. The molecule has 0 aromatic rings. The smallest absolute Gasteiger partial charge is 0.282 e. The van der Waals surface area contributed by atoms with Crippen LogP contribution in [0.15, 0.2) is 0 Å². The lowest BCUT2D eigenvalue weighted by Crippen LogP contribution is -2.59. The average Bonchev–Trinajstić information content (AvgIpc) is 2.53. The summed E-state index contributed by atoms with van der Waals surface area (Å²) >= 11 is 0. The van der Waals surface area contributed by atoms with Gasteiger partial charge in [0.15, 0.2) is 0 Å². The van der Waals surface area contributed by atoms with E-state index in [2.05, 4.69) is 0 Å². The van der Waals surface area contributed by atoms with Crippen molar-refractivity contribution in [1.29, 1.82) is 0 Å². The lowest BCUT2D eigenvalue weighted by atomic mass is 10.2. The molecule has 0 spiro atoms. The third-order valence-electron chi connectivity index (χ3n) is 4.25. The van der Waals surface area contributed by atoms with E-state index in [9.17, 15) is 13.2 Å². The molecule has 3 unspecified atom stereocenters. The lowest BCUT2D eigenvalue weighted by molar-refractivity contribution is -0.135. The van der Waals surface area contributed by atoms with Crippen LogP contribution in [0.5, 0.6) is 0 Å². The van der Waals surface area contributed by atoms with Gasteiger partial charge in [0, 0.05) is 46.4 Å². The Morgan fingerprint density at radius 3 is 2.16 bits per heavy atom. The first kappa shape index (κ1) is 22.6. The van der Waals surface area contributed by atoms with E-state index in [4.69, 9.17) is 15.2 Å². The number of hydrogen-bond acceptors (Lipinski definition) is 6. The van der Waals surface area contributed by atoms with Crippen LogP contribution in [0.25, 0.3) is 0 Å². The predicted octanol–water partition coefficient (Wildman–Crippen LogP) is -1.12.